The SMILES string of the molecule is Cc1cc(N(CCC(=O)NCCCc2ccccc2)S(C)(=O)=O)no1. The van der Waals surface area contributed by atoms with E-state index in [0.29, 0.717) is 12.3 Å². The van der Waals surface area contributed by atoms with Gasteiger partial charge in [0, 0.05) is 25.6 Å². The van der Waals surface area contributed by atoms with Gasteiger partial charge in [-0.25, -0.2) is 8.42 Å². The number of sulfonamides is 1. The zero-order valence-corrected chi connectivity index (χ0v) is 15.3. The predicted octanol–water partition coefficient (Wildman–Crippen LogP) is 1.89. The molecular formula is C17H23N3O4S. The Morgan fingerprint density at radius 1 is 1.28 bits per heavy atom. The van der Waals surface area contributed by atoms with Crippen LogP contribution in [0.5, 0.6) is 0 Å². The van der Waals surface area contributed by atoms with Crippen molar-refractivity contribution in [3.8, 4) is 0 Å². The summed E-state index contributed by atoms with van der Waals surface area (Å²) in [7, 11) is -3.53. The first-order chi connectivity index (χ1) is 11.9. The van der Waals surface area contributed by atoms with Crippen molar-refractivity contribution in [2.75, 3.05) is 23.7 Å². The van der Waals surface area contributed by atoms with Gasteiger partial charge in [-0.15, -0.1) is 0 Å². The number of anilines is 1. The van der Waals surface area contributed by atoms with Gasteiger partial charge in [-0.1, -0.05) is 35.5 Å². The van der Waals surface area contributed by atoms with E-state index in [9.17, 15) is 13.2 Å². The van der Waals surface area contributed by atoms with E-state index in [1.165, 1.54) is 11.6 Å². The molecule has 0 aliphatic carbocycles. The Labute approximate surface area is 148 Å². The van der Waals surface area contributed by atoms with Gasteiger partial charge in [0.25, 0.3) is 0 Å². The van der Waals surface area contributed by atoms with Crippen molar-refractivity contribution in [3.63, 3.8) is 0 Å². The number of nitrogens with one attached hydrogen (secondary N) is 1. The number of rotatable bonds is 9. The fourth-order valence-electron chi connectivity index (χ4n) is 2.38. The third kappa shape index (κ3) is 6.22. The normalized spacial score (nSPS) is 11.3. The molecular weight excluding hydrogens is 342 g/mol. The molecule has 2 rings (SSSR count). The molecule has 0 saturated carbocycles. The maximum Gasteiger partial charge on any atom is 0.233 e. The summed E-state index contributed by atoms with van der Waals surface area (Å²) in [4.78, 5) is 11.9. The lowest BCUT2D eigenvalue weighted by Gasteiger charge is -2.18. The minimum absolute atomic E-state index is 0.0231. The summed E-state index contributed by atoms with van der Waals surface area (Å²) in [6.07, 6.45) is 2.85. The Bertz CT molecular complexity index is 787. The maximum atomic E-state index is 11.9. The van der Waals surface area contributed by atoms with E-state index in [1.54, 1.807) is 6.92 Å². The largest absolute Gasteiger partial charge is 0.360 e. The molecule has 1 amide bonds. The van der Waals surface area contributed by atoms with Gasteiger partial charge < -0.3 is 9.84 Å². The second kappa shape index (κ2) is 8.66. The summed E-state index contributed by atoms with van der Waals surface area (Å²) in [5.74, 6) is 0.507. The first-order valence-electron chi connectivity index (χ1n) is 8.08. The molecule has 0 aliphatic heterocycles. The minimum Gasteiger partial charge on any atom is -0.360 e. The second-order valence-corrected chi connectivity index (χ2v) is 7.73. The highest BCUT2D eigenvalue weighted by Gasteiger charge is 2.21. The van der Waals surface area contributed by atoms with E-state index >= 15 is 0 Å². The number of carbonyl (C=O) groups excluding carboxylic acids is 1. The van der Waals surface area contributed by atoms with Crippen molar-refractivity contribution < 1.29 is 17.7 Å². The molecule has 1 aromatic carbocycles. The number of aromatic nitrogens is 1. The summed E-state index contributed by atoms with van der Waals surface area (Å²) in [5.41, 5.74) is 1.22. The van der Waals surface area contributed by atoms with Crippen molar-refractivity contribution >= 4 is 21.7 Å². The van der Waals surface area contributed by atoms with Crippen LogP contribution in [0.2, 0.25) is 0 Å². The number of benzene rings is 1. The molecule has 1 aromatic heterocycles. The Morgan fingerprint density at radius 2 is 2.00 bits per heavy atom. The summed E-state index contributed by atoms with van der Waals surface area (Å²) in [6.45, 7) is 2.25. The summed E-state index contributed by atoms with van der Waals surface area (Å²) in [6, 6.07) is 11.6. The molecule has 2 aromatic rings. The van der Waals surface area contributed by atoms with Crippen LogP contribution >= 0.6 is 0 Å². The average molecular weight is 365 g/mol. The molecule has 25 heavy (non-hydrogen) atoms. The van der Waals surface area contributed by atoms with Crippen molar-refractivity contribution in [1.29, 1.82) is 0 Å². The van der Waals surface area contributed by atoms with Gasteiger partial charge in [0.15, 0.2) is 5.82 Å². The topological polar surface area (TPSA) is 92.5 Å². The zero-order valence-electron chi connectivity index (χ0n) is 14.4. The minimum atomic E-state index is -3.53. The monoisotopic (exact) mass is 365 g/mol. The Kier molecular flexibility index (Phi) is 6.58. The molecule has 0 saturated heterocycles. The van der Waals surface area contributed by atoms with E-state index < -0.39 is 10.0 Å². The van der Waals surface area contributed by atoms with Crippen LogP contribution in [0.25, 0.3) is 0 Å². The van der Waals surface area contributed by atoms with Crippen molar-refractivity contribution in [1.82, 2.24) is 10.5 Å². The second-order valence-electron chi connectivity index (χ2n) is 5.82. The van der Waals surface area contributed by atoms with Crippen LogP contribution in [0, 0.1) is 6.92 Å². The number of aryl methyl sites for hydroxylation is 2. The highest BCUT2D eigenvalue weighted by molar-refractivity contribution is 7.92. The lowest BCUT2D eigenvalue weighted by atomic mass is 10.1. The molecule has 0 aliphatic rings. The smallest absolute Gasteiger partial charge is 0.233 e. The fraction of sp³-hybridized carbons (Fsp3) is 0.412. The Hall–Kier alpha value is -2.35. The fourth-order valence-corrected chi connectivity index (χ4v) is 3.23. The number of amides is 1. The van der Waals surface area contributed by atoms with Crippen LogP contribution in [0.4, 0.5) is 5.82 Å². The zero-order chi connectivity index (χ0) is 18.3. The first kappa shape index (κ1) is 19.0. The van der Waals surface area contributed by atoms with Crippen LogP contribution in [-0.4, -0.2) is 38.8 Å². The number of hydrogen-bond donors (Lipinski definition) is 1. The van der Waals surface area contributed by atoms with E-state index in [2.05, 4.69) is 10.5 Å². The lowest BCUT2D eigenvalue weighted by Crippen LogP contribution is -2.35. The molecule has 8 heteroatoms. The van der Waals surface area contributed by atoms with Crippen LogP contribution in [0.15, 0.2) is 40.9 Å². The quantitative estimate of drug-likeness (QED) is 0.685. The lowest BCUT2D eigenvalue weighted by molar-refractivity contribution is -0.120. The molecule has 1 N–H and O–H groups in total. The van der Waals surface area contributed by atoms with Gasteiger partial charge >= 0.3 is 0 Å². The molecule has 0 bridgehead atoms. The third-order valence-electron chi connectivity index (χ3n) is 3.62. The summed E-state index contributed by atoms with van der Waals surface area (Å²) >= 11 is 0. The molecule has 136 valence electrons. The standard InChI is InChI=1S/C17H23N3O4S/c1-14-13-16(19-24-14)20(25(2,22)23)12-10-17(21)18-11-6-9-15-7-4-3-5-8-15/h3-5,7-8,13H,6,9-12H2,1-2H3,(H,18,21). The molecule has 0 unspecified atom stereocenters. The van der Waals surface area contributed by atoms with Crippen LogP contribution in [-0.2, 0) is 21.2 Å². The van der Waals surface area contributed by atoms with Gasteiger partial charge in [0.1, 0.15) is 5.76 Å². The van der Waals surface area contributed by atoms with Gasteiger partial charge in [-0.3, -0.25) is 9.10 Å². The van der Waals surface area contributed by atoms with Gasteiger partial charge in [0.2, 0.25) is 15.9 Å². The van der Waals surface area contributed by atoms with Gasteiger partial charge in [-0.05, 0) is 25.3 Å². The summed E-state index contributed by atoms with van der Waals surface area (Å²) in [5, 5.41) is 6.52. The Balaban J connectivity index is 1.77. The molecule has 1 heterocycles. The molecule has 7 nitrogen and oxygen atoms in total. The van der Waals surface area contributed by atoms with Crippen molar-refractivity contribution in [3.05, 3.63) is 47.7 Å². The van der Waals surface area contributed by atoms with E-state index in [1.807, 2.05) is 30.3 Å². The third-order valence-corrected chi connectivity index (χ3v) is 4.79. The van der Waals surface area contributed by atoms with Crippen molar-refractivity contribution in [2.24, 2.45) is 0 Å². The number of nitrogens with zero attached hydrogens (tertiary/aromatic N) is 2. The van der Waals surface area contributed by atoms with Gasteiger partial charge in [0.05, 0.1) is 6.26 Å². The molecule has 0 atom stereocenters. The van der Waals surface area contributed by atoms with E-state index in [-0.39, 0.29) is 24.7 Å². The highest BCUT2D eigenvalue weighted by Crippen LogP contribution is 2.17. The Morgan fingerprint density at radius 3 is 2.60 bits per heavy atom. The van der Waals surface area contributed by atoms with E-state index in [0.717, 1.165) is 23.4 Å². The summed E-state index contributed by atoms with van der Waals surface area (Å²) < 4.78 is 29.8. The van der Waals surface area contributed by atoms with Crippen LogP contribution < -0.4 is 9.62 Å². The van der Waals surface area contributed by atoms with Gasteiger partial charge in [-0.2, -0.15) is 0 Å². The number of carbonyl (C=O) groups is 1. The van der Waals surface area contributed by atoms with Crippen LogP contribution in [0.3, 0.4) is 0 Å². The molecule has 0 spiro atoms. The maximum absolute atomic E-state index is 11.9. The van der Waals surface area contributed by atoms with Crippen molar-refractivity contribution in [2.45, 2.75) is 26.2 Å². The average Bonchev–Trinajstić information content (AvgIpc) is 2.97. The molecule has 0 radical (unpaired) electrons. The van der Waals surface area contributed by atoms with E-state index in [4.69, 9.17) is 4.52 Å². The highest BCUT2D eigenvalue weighted by atomic mass is 32.2. The first-order valence-corrected chi connectivity index (χ1v) is 9.93. The predicted molar refractivity (Wildman–Crippen MR) is 95.8 cm³/mol. The molecule has 0 fully saturated rings. The van der Waals surface area contributed by atoms with Crippen LogP contribution in [0.1, 0.15) is 24.2 Å². The number of hydrogen-bond acceptors (Lipinski definition) is 5.